The first kappa shape index (κ1) is 13.8. The van der Waals surface area contributed by atoms with E-state index < -0.39 is 0 Å². The van der Waals surface area contributed by atoms with E-state index in [-0.39, 0.29) is 11.9 Å². The maximum absolute atomic E-state index is 12.0. The molecule has 1 unspecified atom stereocenters. The second kappa shape index (κ2) is 6.50. The molecule has 1 aromatic carbocycles. The number of carbonyl (C=O) groups excluding carboxylic acids is 1. The van der Waals surface area contributed by atoms with Crippen LogP contribution in [0.4, 0.5) is 0 Å². The van der Waals surface area contributed by atoms with Gasteiger partial charge >= 0.3 is 0 Å². The molecule has 2 rings (SSSR count). The molecule has 0 aliphatic heterocycles. The number of nitrogens with one attached hydrogen (secondary N) is 1. The largest absolute Gasteiger partial charge is 0.349 e. The summed E-state index contributed by atoms with van der Waals surface area (Å²) in [5, 5.41) is 5.06. The van der Waals surface area contributed by atoms with Crippen molar-refractivity contribution in [3.8, 4) is 0 Å². The molecule has 1 aromatic heterocycles. The van der Waals surface area contributed by atoms with Gasteiger partial charge in [-0.05, 0) is 36.1 Å². The lowest BCUT2D eigenvalue weighted by atomic mass is 10.1. The van der Waals surface area contributed by atoms with Crippen LogP contribution in [0.2, 0.25) is 0 Å². The van der Waals surface area contributed by atoms with Crippen molar-refractivity contribution in [3.05, 3.63) is 57.8 Å². The van der Waals surface area contributed by atoms with Crippen molar-refractivity contribution in [3.63, 3.8) is 0 Å². The third-order valence-corrected chi connectivity index (χ3v) is 3.82. The number of hydrogen-bond acceptors (Lipinski definition) is 3. The van der Waals surface area contributed by atoms with E-state index in [1.165, 1.54) is 4.88 Å². The molecule has 0 fully saturated rings. The summed E-state index contributed by atoms with van der Waals surface area (Å²) in [6.45, 7) is 2.52. The highest BCUT2D eigenvalue weighted by Gasteiger charge is 2.10. The third-order valence-electron chi connectivity index (χ3n) is 2.92. The normalized spacial score (nSPS) is 12.1. The van der Waals surface area contributed by atoms with Gasteiger partial charge in [-0.15, -0.1) is 11.3 Å². The van der Waals surface area contributed by atoms with Gasteiger partial charge in [0, 0.05) is 29.4 Å². The Morgan fingerprint density at radius 3 is 2.63 bits per heavy atom. The van der Waals surface area contributed by atoms with Crippen LogP contribution in [0.1, 0.15) is 27.7 Å². The highest BCUT2D eigenvalue weighted by atomic mass is 32.1. The van der Waals surface area contributed by atoms with Crippen LogP contribution in [0.3, 0.4) is 0 Å². The van der Waals surface area contributed by atoms with Crippen LogP contribution in [0.25, 0.3) is 0 Å². The lowest BCUT2D eigenvalue weighted by Crippen LogP contribution is -2.33. The number of amides is 1. The summed E-state index contributed by atoms with van der Waals surface area (Å²) >= 11 is 1.71. The van der Waals surface area contributed by atoms with Gasteiger partial charge in [-0.25, -0.2) is 0 Å². The predicted molar refractivity (Wildman–Crippen MR) is 79.3 cm³/mol. The van der Waals surface area contributed by atoms with Gasteiger partial charge in [-0.2, -0.15) is 0 Å². The minimum atomic E-state index is -0.0346. The Morgan fingerprint density at radius 1 is 1.32 bits per heavy atom. The van der Waals surface area contributed by atoms with Crippen LogP contribution in [0, 0.1) is 0 Å². The molecule has 0 spiro atoms. The Hall–Kier alpha value is -1.65. The highest BCUT2D eigenvalue weighted by Crippen LogP contribution is 2.11. The summed E-state index contributed by atoms with van der Waals surface area (Å²) in [5.41, 5.74) is 7.24. The van der Waals surface area contributed by atoms with Crippen LogP contribution in [0.5, 0.6) is 0 Å². The van der Waals surface area contributed by atoms with Crippen molar-refractivity contribution in [2.45, 2.75) is 25.9 Å². The average Bonchev–Trinajstić information content (AvgIpc) is 2.91. The molecular weight excluding hydrogens is 256 g/mol. The Morgan fingerprint density at radius 2 is 2.05 bits per heavy atom. The van der Waals surface area contributed by atoms with Crippen LogP contribution in [-0.4, -0.2) is 11.9 Å². The maximum Gasteiger partial charge on any atom is 0.251 e. The second-order valence-corrected chi connectivity index (χ2v) is 5.59. The highest BCUT2D eigenvalue weighted by molar-refractivity contribution is 7.09. The summed E-state index contributed by atoms with van der Waals surface area (Å²) in [4.78, 5) is 13.3. The van der Waals surface area contributed by atoms with Crippen molar-refractivity contribution in [2.24, 2.45) is 5.73 Å². The summed E-state index contributed by atoms with van der Waals surface area (Å²) in [7, 11) is 0. The van der Waals surface area contributed by atoms with Crippen molar-refractivity contribution < 1.29 is 4.79 Å². The zero-order chi connectivity index (χ0) is 13.7. The summed E-state index contributed by atoms with van der Waals surface area (Å²) in [6, 6.07) is 11.6. The fourth-order valence-corrected chi connectivity index (χ4v) is 2.72. The van der Waals surface area contributed by atoms with Gasteiger partial charge in [-0.3, -0.25) is 4.79 Å². The topological polar surface area (TPSA) is 55.1 Å². The third kappa shape index (κ3) is 3.91. The van der Waals surface area contributed by atoms with E-state index in [1.807, 2.05) is 37.3 Å². The zero-order valence-electron chi connectivity index (χ0n) is 10.9. The number of carbonyl (C=O) groups is 1. The Bertz CT molecular complexity index is 520. The molecule has 0 bridgehead atoms. The van der Waals surface area contributed by atoms with Crippen molar-refractivity contribution in [1.82, 2.24) is 5.32 Å². The van der Waals surface area contributed by atoms with Gasteiger partial charge in [0.15, 0.2) is 0 Å². The summed E-state index contributed by atoms with van der Waals surface area (Å²) in [6.07, 6.45) is 0.865. The quantitative estimate of drug-likeness (QED) is 0.880. The fourth-order valence-electron chi connectivity index (χ4n) is 1.88. The molecule has 3 nitrogen and oxygen atoms in total. The minimum Gasteiger partial charge on any atom is -0.349 e. The molecule has 1 amide bonds. The molecule has 3 N–H and O–H groups in total. The molecule has 2 aromatic rings. The molecule has 0 aliphatic rings. The van der Waals surface area contributed by atoms with E-state index in [9.17, 15) is 4.79 Å². The van der Waals surface area contributed by atoms with Gasteiger partial charge < -0.3 is 11.1 Å². The molecule has 4 heteroatoms. The van der Waals surface area contributed by atoms with Crippen molar-refractivity contribution >= 4 is 17.2 Å². The first-order valence-electron chi connectivity index (χ1n) is 6.31. The molecule has 1 atom stereocenters. The Labute approximate surface area is 117 Å². The summed E-state index contributed by atoms with van der Waals surface area (Å²) in [5.74, 6) is -0.0346. The number of nitrogens with two attached hydrogens (primary N) is 1. The van der Waals surface area contributed by atoms with E-state index in [4.69, 9.17) is 5.73 Å². The standard InChI is InChI=1S/C15H18N2OS/c1-11(9-14-3-2-8-19-14)17-15(18)13-6-4-12(10-16)5-7-13/h2-8,11H,9-10,16H2,1H3,(H,17,18). The zero-order valence-corrected chi connectivity index (χ0v) is 11.7. The van der Waals surface area contributed by atoms with Crippen molar-refractivity contribution in [2.75, 3.05) is 0 Å². The van der Waals surface area contributed by atoms with Gasteiger partial charge in [0.2, 0.25) is 0 Å². The molecule has 0 saturated carbocycles. The van der Waals surface area contributed by atoms with Gasteiger partial charge in [0.25, 0.3) is 5.91 Å². The molecule has 1 heterocycles. The van der Waals surface area contributed by atoms with E-state index in [0.29, 0.717) is 12.1 Å². The number of thiophene rings is 1. The summed E-state index contributed by atoms with van der Waals surface area (Å²) < 4.78 is 0. The SMILES string of the molecule is CC(Cc1cccs1)NC(=O)c1ccc(CN)cc1. The van der Waals surface area contributed by atoms with E-state index in [0.717, 1.165) is 12.0 Å². The lowest BCUT2D eigenvalue weighted by Gasteiger charge is -2.13. The smallest absolute Gasteiger partial charge is 0.251 e. The molecule has 0 saturated heterocycles. The maximum atomic E-state index is 12.0. The minimum absolute atomic E-state index is 0.0346. The van der Waals surface area contributed by atoms with Crippen LogP contribution >= 0.6 is 11.3 Å². The van der Waals surface area contributed by atoms with E-state index in [1.54, 1.807) is 11.3 Å². The molecule has 19 heavy (non-hydrogen) atoms. The first-order valence-corrected chi connectivity index (χ1v) is 7.19. The van der Waals surface area contributed by atoms with Crippen LogP contribution in [-0.2, 0) is 13.0 Å². The van der Waals surface area contributed by atoms with Crippen LogP contribution in [0.15, 0.2) is 41.8 Å². The van der Waals surface area contributed by atoms with Gasteiger partial charge in [-0.1, -0.05) is 18.2 Å². The molecular formula is C15H18N2OS. The first-order chi connectivity index (χ1) is 9.19. The van der Waals surface area contributed by atoms with Gasteiger partial charge in [0.05, 0.1) is 0 Å². The predicted octanol–water partition coefficient (Wildman–Crippen LogP) is 2.57. The molecule has 0 radical (unpaired) electrons. The number of benzene rings is 1. The Kier molecular flexibility index (Phi) is 4.71. The van der Waals surface area contributed by atoms with E-state index in [2.05, 4.69) is 16.8 Å². The lowest BCUT2D eigenvalue weighted by molar-refractivity contribution is 0.0940. The van der Waals surface area contributed by atoms with Crippen LogP contribution < -0.4 is 11.1 Å². The number of hydrogen-bond donors (Lipinski definition) is 2. The molecule has 0 aliphatic carbocycles. The average molecular weight is 274 g/mol. The Balaban J connectivity index is 1.92. The fraction of sp³-hybridized carbons (Fsp3) is 0.267. The van der Waals surface area contributed by atoms with E-state index >= 15 is 0 Å². The van der Waals surface area contributed by atoms with Gasteiger partial charge in [0.1, 0.15) is 0 Å². The molecule has 100 valence electrons. The number of rotatable bonds is 5. The van der Waals surface area contributed by atoms with Crippen molar-refractivity contribution in [1.29, 1.82) is 0 Å². The monoisotopic (exact) mass is 274 g/mol. The second-order valence-electron chi connectivity index (χ2n) is 4.56.